The lowest BCUT2D eigenvalue weighted by molar-refractivity contribution is 0.239. The molecule has 0 bridgehead atoms. The number of rotatable bonds is 7. The zero-order chi connectivity index (χ0) is 11.2. The van der Waals surface area contributed by atoms with Crippen LogP contribution in [0.1, 0.15) is 54.4 Å². The lowest BCUT2D eigenvalue weighted by atomic mass is 9.59. The van der Waals surface area contributed by atoms with Gasteiger partial charge in [0.2, 0.25) is 0 Å². The predicted octanol–water partition coefficient (Wildman–Crippen LogP) is 4.38. The van der Waals surface area contributed by atoms with Crippen LogP contribution >= 0.6 is 0 Å². The van der Waals surface area contributed by atoms with Crippen molar-refractivity contribution >= 4 is 7.28 Å². The van der Waals surface area contributed by atoms with Gasteiger partial charge < -0.3 is 0 Å². The Morgan fingerprint density at radius 2 is 1.64 bits per heavy atom. The van der Waals surface area contributed by atoms with Crippen LogP contribution < -0.4 is 0 Å². The van der Waals surface area contributed by atoms with E-state index in [0.717, 1.165) is 11.8 Å². The maximum atomic E-state index is 2.42. The molecule has 0 nitrogen and oxygen atoms in total. The van der Waals surface area contributed by atoms with Crippen LogP contribution in [0.4, 0.5) is 0 Å². The van der Waals surface area contributed by atoms with E-state index in [0.29, 0.717) is 5.41 Å². The second-order valence-corrected chi connectivity index (χ2v) is 5.69. The summed E-state index contributed by atoms with van der Waals surface area (Å²) in [6, 6.07) is 0. The largest absolute Gasteiger partial charge is 0.121 e. The number of hydrogen-bond acceptors (Lipinski definition) is 0. The van der Waals surface area contributed by atoms with Gasteiger partial charge in [-0.25, -0.2) is 0 Å². The maximum Gasteiger partial charge on any atom is 0.121 e. The van der Waals surface area contributed by atoms with Crippen molar-refractivity contribution in [2.24, 2.45) is 17.3 Å². The fourth-order valence-electron chi connectivity index (χ4n) is 1.72. The van der Waals surface area contributed by atoms with Crippen molar-refractivity contribution in [2.75, 3.05) is 0 Å². The van der Waals surface area contributed by atoms with Crippen LogP contribution in [0.15, 0.2) is 0 Å². The highest BCUT2D eigenvalue weighted by Crippen LogP contribution is 2.32. The first-order chi connectivity index (χ1) is 6.44. The van der Waals surface area contributed by atoms with Gasteiger partial charge in [-0.2, -0.15) is 0 Å². The minimum atomic E-state index is 0.537. The summed E-state index contributed by atoms with van der Waals surface area (Å²) < 4.78 is 0. The van der Waals surface area contributed by atoms with Crippen LogP contribution in [0.5, 0.6) is 0 Å². The molecule has 0 saturated heterocycles. The molecule has 0 rings (SSSR count). The van der Waals surface area contributed by atoms with Crippen molar-refractivity contribution in [1.29, 1.82) is 0 Å². The third-order valence-corrected chi connectivity index (χ3v) is 4.28. The van der Waals surface area contributed by atoms with E-state index in [1.54, 1.807) is 0 Å². The average Bonchev–Trinajstić information content (AvgIpc) is 2.17. The van der Waals surface area contributed by atoms with Crippen LogP contribution in [0, 0.1) is 17.3 Å². The molecule has 84 valence electrons. The van der Waals surface area contributed by atoms with Gasteiger partial charge in [-0.05, 0) is 11.3 Å². The van der Waals surface area contributed by atoms with Crippen LogP contribution in [0.25, 0.3) is 0 Å². The molecule has 0 spiro atoms. The first kappa shape index (κ1) is 14.1. The third-order valence-electron chi connectivity index (χ3n) is 4.28. The van der Waals surface area contributed by atoms with Crippen LogP contribution in [0.3, 0.4) is 0 Å². The molecule has 0 aromatic heterocycles. The molecule has 0 unspecified atom stereocenters. The van der Waals surface area contributed by atoms with Gasteiger partial charge in [0.1, 0.15) is 7.28 Å². The molecule has 0 fully saturated rings. The normalized spacial score (nSPS) is 16.4. The average molecular weight is 196 g/mol. The Bertz CT molecular complexity index is 140. The van der Waals surface area contributed by atoms with Gasteiger partial charge in [-0.1, -0.05) is 72.9 Å². The van der Waals surface area contributed by atoms with Crippen molar-refractivity contribution in [1.82, 2.24) is 0 Å². The summed E-state index contributed by atoms with van der Waals surface area (Å²) in [4.78, 5) is 0. The Kier molecular flexibility index (Phi) is 6.56. The molecular formula is C13H29B. The van der Waals surface area contributed by atoms with E-state index in [-0.39, 0.29) is 0 Å². The summed E-state index contributed by atoms with van der Waals surface area (Å²) >= 11 is 0. The smallest absolute Gasteiger partial charge is 0.0749 e. The first-order valence-electron chi connectivity index (χ1n) is 6.44. The summed E-state index contributed by atoms with van der Waals surface area (Å²) in [5, 5.41) is 0. The maximum absolute atomic E-state index is 2.42. The van der Waals surface area contributed by atoms with Crippen molar-refractivity contribution in [2.45, 2.75) is 67.0 Å². The molecule has 0 saturated carbocycles. The zero-order valence-corrected chi connectivity index (χ0v) is 11.2. The van der Waals surface area contributed by atoms with E-state index in [2.05, 4.69) is 41.5 Å². The molecular weight excluding hydrogens is 167 g/mol. The second kappa shape index (κ2) is 6.53. The SMILES string of the molecule is CC[C@H](C)CBC[C@H](C)C(C)(C)CC. The summed E-state index contributed by atoms with van der Waals surface area (Å²) in [5.41, 5.74) is 0.537. The Hall–Kier alpha value is 0.0649. The van der Waals surface area contributed by atoms with E-state index in [4.69, 9.17) is 0 Å². The Morgan fingerprint density at radius 1 is 1.07 bits per heavy atom. The summed E-state index contributed by atoms with van der Waals surface area (Å²) in [5.74, 6) is 1.79. The highest BCUT2D eigenvalue weighted by Gasteiger charge is 2.23. The van der Waals surface area contributed by atoms with E-state index >= 15 is 0 Å². The third kappa shape index (κ3) is 5.07. The molecule has 0 N–H and O–H groups in total. The highest BCUT2D eigenvalue weighted by molar-refractivity contribution is 6.35. The molecule has 0 amide bonds. The summed E-state index contributed by atoms with van der Waals surface area (Å²) in [6.45, 7) is 14.2. The van der Waals surface area contributed by atoms with E-state index in [9.17, 15) is 0 Å². The van der Waals surface area contributed by atoms with Crippen molar-refractivity contribution in [3.05, 3.63) is 0 Å². The van der Waals surface area contributed by atoms with Crippen molar-refractivity contribution < 1.29 is 0 Å². The van der Waals surface area contributed by atoms with Crippen LogP contribution in [-0.4, -0.2) is 7.28 Å². The standard InChI is InChI=1S/C13H29B/c1-7-11(3)9-14-10-12(4)13(5,6)8-2/h11-12,14H,7-10H2,1-6H3/t11-,12-/m0/s1. The first-order valence-corrected chi connectivity index (χ1v) is 6.44. The Labute approximate surface area is 92.1 Å². The lowest BCUT2D eigenvalue weighted by Gasteiger charge is -2.30. The molecule has 0 heterocycles. The Balaban J connectivity index is 3.69. The van der Waals surface area contributed by atoms with Gasteiger partial charge in [0.15, 0.2) is 0 Å². The minimum absolute atomic E-state index is 0.537. The van der Waals surface area contributed by atoms with Gasteiger partial charge in [0.05, 0.1) is 0 Å². The van der Waals surface area contributed by atoms with Gasteiger partial charge in [0.25, 0.3) is 0 Å². The molecule has 1 heteroatoms. The van der Waals surface area contributed by atoms with Gasteiger partial charge in [-0.3, -0.25) is 0 Å². The fraction of sp³-hybridized carbons (Fsp3) is 1.00. The topological polar surface area (TPSA) is 0 Å². The van der Waals surface area contributed by atoms with E-state index < -0.39 is 0 Å². The Morgan fingerprint density at radius 3 is 2.07 bits per heavy atom. The van der Waals surface area contributed by atoms with E-state index in [1.807, 2.05) is 0 Å². The van der Waals surface area contributed by atoms with Crippen LogP contribution in [-0.2, 0) is 0 Å². The molecule has 2 atom stereocenters. The van der Waals surface area contributed by atoms with Crippen LogP contribution in [0.2, 0.25) is 12.6 Å². The molecule has 0 aliphatic rings. The predicted molar refractivity (Wildman–Crippen MR) is 69.5 cm³/mol. The highest BCUT2D eigenvalue weighted by atomic mass is 14.3. The van der Waals surface area contributed by atoms with Gasteiger partial charge in [-0.15, -0.1) is 0 Å². The van der Waals surface area contributed by atoms with Crippen molar-refractivity contribution in [3.63, 3.8) is 0 Å². The molecule has 14 heavy (non-hydrogen) atoms. The van der Waals surface area contributed by atoms with Gasteiger partial charge >= 0.3 is 0 Å². The van der Waals surface area contributed by atoms with E-state index in [1.165, 1.54) is 32.8 Å². The molecule has 0 radical (unpaired) electrons. The molecule has 0 aliphatic carbocycles. The monoisotopic (exact) mass is 196 g/mol. The summed E-state index contributed by atoms with van der Waals surface area (Å²) in [6.07, 6.45) is 5.47. The van der Waals surface area contributed by atoms with Gasteiger partial charge in [0, 0.05) is 0 Å². The fourth-order valence-corrected chi connectivity index (χ4v) is 1.72. The zero-order valence-electron chi connectivity index (χ0n) is 11.2. The molecule has 0 aromatic rings. The quantitative estimate of drug-likeness (QED) is 0.530. The molecule has 0 aliphatic heterocycles. The van der Waals surface area contributed by atoms with Crippen molar-refractivity contribution in [3.8, 4) is 0 Å². The molecule has 0 aromatic carbocycles. The minimum Gasteiger partial charge on any atom is -0.0749 e. The second-order valence-electron chi connectivity index (χ2n) is 5.69. The number of hydrogen-bond donors (Lipinski definition) is 0. The summed E-state index contributed by atoms with van der Waals surface area (Å²) in [7, 11) is 1.42. The lowest BCUT2D eigenvalue weighted by Crippen LogP contribution is -2.21.